The van der Waals surface area contributed by atoms with Gasteiger partial charge < -0.3 is 14.1 Å². The first-order valence-corrected chi connectivity index (χ1v) is 7.69. The molecule has 2 atom stereocenters. The third-order valence-corrected chi connectivity index (χ3v) is 4.15. The van der Waals surface area contributed by atoms with Crippen molar-refractivity contribution in [2.45, 2.75) is 12.3 Å². The van der Waals surface area contributed by atoms with Crippen molar-refractivity contribution >= 4 is 22.8 Å². The van der Waals surface area contributed by atoms with E-state index < -0.39 is 11.8 Å². The Morgan fingerprint density at radius 3 is 3.04 bits per heavy atom. The van der Waals surface area contributed by atoms with E-state index in [2.05, 4.69) is 4.98 Å². The topological polar surface area (TPSA) is 96.4 Å². The fourth-order valence-corrected chi connectivity index (χ4v) is 2.87. The number of aromatic nitrogens is 1. The van der Waals surface area contributed by atoms with Crippen molar-refractivity contribution in [1.29, 1.82) is 5.26 Å². The SMILES string of the molecule is COCCN1C[C@H](C(=O)[C@@H](C#N)c2nc3ccccc3o2)CC1=O. The fraction of sp³-hybridized carbons (Fsp3) is 0.412. The molecule has 1 fully saturated rings. The lowest BCUT2D eigenvalue weighted by molar-refractivity contribution is -0.129. The first-order valence-electron chi connectivity index (χ1n) is 7.69. The van der Waals surface area contributed by atoms with E-state index in [0.717, 1.165) is 0 Å². The van der Waals surface area contributed by atoms with Gasteiger partial charge in [-0.15, -0.1) is 0 Å². The maximum Gasteiger partial charge on any atom is 0.223 e. The van der Waals surface area contributed by atoms with Crippen LogP contribution in [0.1, 0.15) is 18.2 Å². The summed E-state index contributed by atoms with van der Waals surface area (Å²) in [7, 11) is 1.56. The van der Waals surface area contributed by atoms with Gasteiger partial charge in [0.2, 0.25) is 11.8 Å². The van der Waals surface area contributed by atoms with Crippen molar-refractivity contribution in [3.8, 4) is 6.07 Å². The number of Topliss-reactive ketones (excluding diaryl/α,β-unsaturated/α-hetero) is 1. The molecule has 7 nitrogen and oxygen atoms in total. The number of oxazole rings is 1. The minimum absolute atomic E-state index is 0.0893. The smallest absolute Gasteiger partial charge is 0.223 e. The number of likely N-dealkylation sites (tertiary alicyclic amines) is 1. The number of ketones is 1. The highest BCUT2D eigenvalue weighted by molar-refractivity contribution is 5.95. The molecular weight excluding hydrogens is 310 g/mol. The lowest BCUT2D eigenvalue weighted by Gasteiger charge is -2.16. The minimum Gasteiger partial charge on any atom is -0.439 e. The van der Waals surface area contributed by atoms with E-state index in [1.807, 2.05) is 6.07 Å². The van der Waals surface area contributed by atoms with E-state index >= 15 is 0 Å². The number of nitriles is 1. The van der Waals surface area contributed by atoms with E-state index in [1.54, 1.807) is 36.3 Å². The van der Waals surface area contributed by atoms with E-state index in [4.69, 9.17) is 9.15 Å². The molecule has 0 spiro atoms. The predicted octanol–water partition coefficient (Wildman–Crippen LogP) is 1.50. The van der Waals surface area contributed by atoms with Crippen molar-refractivity contribution in [3.63, 3.8) is 0 Å². The molecule has 1 aromatic heterocycles. The van der Waals surface area contributed by atoms with Gasteiger partial charge in [0.1, 0.15) is 5.52 Å². The molecule has 7 heteroatoms. The molecule has 0 saturated carbocycles. The number of ether oxygens (including phenoxy) is 1. The van der Waals surface area contributed by atoms with Crippen LogP contribution in [0.3, 0.4) is 0 Å². The molecule has 1 amide bonds. The number of carbonyl (C=O) groups is 2. The van der Waals surface area contributed by atoms with Crippen molar-refractivity contribution in [3.05, 3.63) is 30.2 Å². The maximum atomic E-state index is 12.7. The third-order valence-electron chi connectivity index (χ3n) is 4.15. The predicted molar refractivity (Wildman–Crippen MR) is 83.9 cm³/mol. The molecule has 2 aromatic rings. The van der Waals surface area contributed by atoms with Crippen LogP contribution in [0.5, 0.6) is 0 Å². The number of nitrogens with zero attached hydrogens (tertiary/aromatic N) is 3. The lowest BCUT2D eigenvalue weighted by atomic mass is 9.93. The van der Waals surface area contributed by atoms with Gasteiger partial charge in [-0.05, 0) is 12.1 Å². The second-order valence-electron chi connectivity index (χ2n) is 5.72. The number of amides is 1. The van der Waals surface area contributed by atoms with Gasteiger partial charge in [-0.3, -0.25) is 9.59 Å². The first kappa shape index (κ1) is 16.1. The molecule has 1 aromatic carbocycles. The molecule has 0 bridgehead atoms. The molecule has 1 aliphatic rings. The van der Waals surface area contributed by atoms with Gasteiger partial charge in [0.25, 0.3) is 0 Å². The highest BCUT2D eigenvalue weighted by atomic mass is 16.5. The summed E-state index contributed by atoms with van der Waals surface area (Å²) in [6.07, 6.45) is 0.112. The molecule has 1 saturated heterocycles. The molecule has 3 rings (SSSR count). The number of para-hydroxylation sites is 2. The summed E-state index contributed by atoms with van der Waals surface area (Å²) in [5.74, 6) is -1.95. The number of rotatable bonds is 6. The highest BCUT2D eigenvalue weighted by Gasteiger charge is 2.39. The average Bonchev–Trinajstić information content (AvgIpc) is 3.17. The molecule has 124 valence electrons. The van der Waals surface area contributed by atoms with Crippen LogP contribution < -0.4 is 0 Å². The standard InChI is InChI=1S/C17H17N3O4/c1-23-7-6-20-10-11(8-15(20)21)16(22)12(9-18)17-19-13-4-2-3-5-14(13)24-17/h2-5,11-12H,6-8,10H2,1H3/t11-,12-/m1/s1. The zero-order valence-electron chi connectivity index (χ0n) is 13.3. The minimum atomic E-state index is -1.10. The van der Waals surface area contributed by atoms with Gasteiger partial charge in [0.05, 0.1) is 12.7 Å². The number of fused-ring (bicyclic) bond motifs is 1. The summed E-state index contributed by atoms with van der Waals surface area (Å²) in [6, 6.07) is 9.06. The van der Waals surface area contributed by atoms with Gasteiger partial charge in [0.15, 0.2) is 17.3 Å². The van der Waals surface area contributed by atoms with Gasteiger partial charge in [-0.1, -0.05) is 12.1 Å². The summed E-state index contributed by atoms with van der Waals surface area (Å²) >= 11 is 0. The van der Waals surface area contributed by atoms with Crippen LogP contribution in [0, 0.1) is 17.2 Å². The van der Waals surface area contributed by atoms with Crippen LogP contribution in [0.25, 0.3) is 11.1 Å². The molecule has 0 unspecified atom stereocenters. The number of hydrogen-bond donors (Lipinski definition) is 0. The molecule has 2 heterocycles. The summed E-state index contributed by atoms with van der Waals surface area (Å²) in [5.41, 5.74) is 1.13. The first-order chi connectivity index (χ1) is 11.6. The second kappa shape index (κ2) is 6.81. The number of benzene rings is 1. The zero-order valence-corrected chi connectivity index (χ0v) is 13.3. The fourth-order valence-electron chi connectivity index (χ4n) is 2.87. The summed E-state index contributed by atoms with van der Waals surface area (Å²) in [4.78, 5) is 30.5. The molecule has 0 N–H and O–H groups in total. The van der Waals surface area contributed by atoms with Crippen LogP contribution in [0.15, 0.2) is 28.7 Å². The Labute approximate surface area is 138 Å². The van der Waals surface area contributed by atoms with Gasteiger partial charge in [-0.25, -0.2) is 4.98 Å². The van der Waals surface area contributed by atoms with Crippen LogP contribution in [0.2, 0.25) is 0 Å². The Hall–Kier alpha value is -2.72. The van der Waals surface area contributed by atoms with Gasteiger partial charge in [-0.2, -0.15) is 5.26 Å². The summed E-state index contributed by atoms with van der Waals surface area (Å²) < 4.78 is 10.5. The highest BCUT2D eigenvalue weighted by Crippen LogP contribution is 2.28. The second-order valence-corrected chi connectivity index (χ2v) is 5.72. The number of hydrogen-bond acceptors (Lipinski definition) is 6. The average molecular weight is 327 g/mol. The Bertz CT molecular complexity index is 775. The third kappa shape index (κ3) is 3.01. The van der Waals surface area contributed by atoms with E-state index in [-0.39, 0.29) is 24.0 Å². The van der Waals surface area contributed by atoms with Crippen molar-refractivity contribution in [2.24, 2.45) is 5.92 Å². The monoisotopic (exact) mass is 327 g/mol. The molecule has 24 heavy (non-hydrogen) atoms. The van der Waals surface area contributed by atoms with E-state index in [1.165, 1.54) is 0 Å². The quantitative estimate of drug-likeness (QED) is 0.797. The molecule has 0 radical (unpaired) electrons. The Kier molecular flexibility index (Phi) is 4.58. The lowest BCUT2D eigenvalue weighted by Crippen LogP contribution is -2.30. The summed E-state index contributed by atoms with van der Waals surface area (Å²) in [5, 5.41) is 9.42. The van der Waals surface area contributed by atoms with Crippen LogP contribution in [-0.2, 0) is 14.3 Å². The number of carbonyl (C=O) groups excluding carboxylic acids is 2. The van der Waals surface area contributed by atoms with Crippen molar-refractivity contribution < 1.29 is 18.7 Å². The van der Waals surface area contributed by atoms with Crippen LogP contribution >= 0.6 is 0 Å². The van der Waals surface area contributed by atoms with Crippen molar-refractivity contribution in [2.75, 3.05) is 26.8 Å². The largest absolute Gasteiger partial charge is 0.439 e. The Morgan fingerprint density at radius 1 is 1.54 bits per heavy atom. The summed E-state index contributed by atoms with van der Waals surface area (Å²) in [6.45, 7) is 1.16. The maximum absolute atomic E-state index is 12.7. The molecule has 1 aliphatic heterocycles. The van der Waals surface area contributed by atoms with Gasteiger partial charge in [0, 0.05) is 32.5 Å². The number of methoxy groups -OCH3 is 1. The van der Waals surface area contributed by atoms with Crippen LogP contribution in [0.4, 0.5) is 0 Å². The van der Waals surface area contributed by atoms with Crippen molar-refractivity contribution in [1.82, 2.24) is 9.88 Å². The van der Waals surface area contributed by atoms with E-state index in [0.29, 0.717) is 30.8 Å². The zero-order chi connectivity index (χ0) is 17.1. The molecule has 0 aliphatic carbocycles. The Morgan fingerprint density at radius 2 is 2.33 bits per heavy atom. The van der Waals surface area contributed by atoms with Gasteiger partial charge >= 0.3 is 0 Å². The van der Waals surface area contributed by atoms with E-state index in [9.17, 15) is 14.9 Å². The Balaban J connectivity index is 1.77. The molecular formula is C17H17N3O4. The van der Waals surface area contributed by atoms with Crippen LogP contribution in [-0.4, -0.2) is 48.4 Å². The normalized spacial score (nSPS) is 18.8.